The molecule has 0 aliphatic carbocycles. The Morgan fingerprint density at radius 2 is 2.25 bits per heavy atom. The Morgan fingerprint density at radius 3 is 2.75 bits per heavy atom. The van der Waals surface area contributed by atoms with Crippen molar-refractivity contribution in [2.75, 3.05) is 13.1 Å². The minimum absolute atomic E-state index is 0.0294. The molecule has 1 aromatic rings. The monoisotopic (exact) mass is 225 g/mol. The van der Waals surface area contributed by atoms with Gasteiger partial charge in [-0.25, -0.2) is 0 Å². The highest BCUT2D eigenvalue weighted by molar-refractivity contribution is 5.91. The van der Waals surface area contributed by atoms with Gasteiger partial charge in [0.25, 0.3) is 11.7 Å². The average molecular weight is 225 g/mol. The van der Waals surface area contributed by atoms with Crippen LogP contribution < -0.4 is 0 Å². The van der Waals surface area contributed by atoms with E-state index in [9.17, 15) is 9.59 Å². The number of H-pyrrole nitrogens is 1. The normalized spacial score (nSPS) is 24.7. The summed E-state index contributed by atoms with van der Waals surface area (Å²) >= 11 is 0. The van der Waals surface area contributed by atoms with Crippen LogP contribution in [0.5, 0.6) is 0 Å². The molecule has 0 saturated carbocycles. The molecule has 0 radical (unpaired) electrons. The lowest BCUT2D eigenvalue weighted by molar-refractivity contribution is -0.142. The highest BCUT2D eigenvalue weighted by Crippen LogP contribution is 2.23. The van der Waals surface area contributed by atoms with E-state index in [1.54, 1.807) is 0 Å². The van der Waals surface area contributed by atoms with Crippen LogP contribution in [0.4, 0.5) is 0 Å². The van der Waals surface area contributed by atoms with Crippen LogP contribution in [0.15, 0.2) is 0 Å². The first-order chi connectivity index (χ1) is 7.59. The van der Waals surface area contributed by atoms with Crippen molar-refractivity contribution in [3.05, 3.63) is 5.82 Å². The van der Waals surface area contributed by atoms with Crippen LogP contribution in [0.1, 0.15) is 17.5 Å². The van der Waals surface area contributed by atoms with Crippen molar-refractivity contribution >= 4 is 11.9 Å². The molecule has 1 aliphatic heterocycles. The molecule has 1 saturated heterocycles. The molecule has 8 nitrogen and oxygen atoms in total. The number of amides is 1. The molecule has 2 N–H and O–H groups in total. The fraction of sp³-hybridized carbons (Fsp3) is 0.625. The second kappa shape index (κ2) is 3.87. The molecule has 2 atom stereocenters. The highest BCUT2D eigenvalue weighted by atomic mass is 16.4. The van der Waals surface area contributed by atoms with E-state index in [0.717, 1.165) is 0 Å². The van der Waals surface area contributed by atoms with E-state index < -0.39 is 11.9 Å². The third kappa shape index (κ3) is 1.73. The van der Waals surface area contributed by atoms with Gasteiger partial charge in [-0.1, -0.05) is 6.92 Å². The quantitative estimate of drug-likeness (QED) is 0.667. The average Bonchev–Trinajstić information content (AvgIpc) is 2.84. The molecular formula is C8H11N5O3. The number of aromatic nitrogens is 4. The minimum atomic E-state index is -0.879. The van der Waals surface area contributed by atoms with E-state index in [-0.39, 0.29) is 24.2 Å². The number of aromatic amines is 1. The van der Waals surface area contributed by atoms with Gasteiger partial charge in [-0.2, -0.15) is 5.21 Å². The van der Waals surface area contributed by atoms with E-state index in [4.69, 9.17) is 5.11 Å². The Kier molecular flexibility index (Phi) is 2.55. The first-order valence-electron chi connectivity index (χ1n) is 4.85. The van der Waals surface area contributed by atoms with Gasteiger partial charge in [-0.15, -0.1) is 10.2 Å². The summed E-state index contributed by atoms with van der Waals surface area (Å²) in [7, 11) is 0. The van der Waals surface area contributed by atoms with E-state index in [0.29, 0.717) is 6.54 Å². The molecule has 1 fully saturated rings. The van der Waals surface area contributed by atoms with Gasteiger partial charge < -0.3 is 10.0 Å². The first-order valence-corrected chi connectivity index (χ1v) is 4.85. The molecule has 0 bridgehead atoms. The van der Waals surface area contributed by atoms with Crippen LogP contribution in [0.25, 0.3) is 0 Å². The van der Waals surface area contributed by atoms with Gasteiger partial charge in [-0.3, -0.25) is 9.59 Å². The summed E-state index contributed by atoms with van der Waals surface area (Å²) in [6, 6.07) is 0. The van der Waals surface area contributed by atoms with Crippen molar-refractivity contribution in [2.24, 2.45) is 11.8 Å². The Bertz CT molecular complexity index is 404. The Balaban J connectivity index is 2.09. The molecule has 1 aromatic heterocycles. The zero-order valence-electron chi connectivity index (χ0n) is 8.62. The Morgan fingerprint density at radius 1 is 1.50 bits per heavy atom. The number of nitrogens with one attached hydrogen (secondary N) is 1. The topological polar surface area (TPSA) is 112 Å². The molecular weight excluding hydrogens is 214 g/mol. The Hall–Kier alpha value is -1.99. The van der Waals surface area contributed by atoms with Gasteiger partial charge in [-0.05, 0) is 11.1 Å². The number of carbonyl (C=O) groups is 2. The number of carbonyl (C=O) groups excluding carboxylic acids is 1. The van der Waals surface area contributed by atoms with E-state index in [2.05, 4.69) is 20.6 Å². The molecule has 8 heteroatoms. The van der Waals surface area contributed by atoms with Crippen LogP contribution in [0.2, 0.25) is 0 Å². The summed E-state index contributed by atoms with van der Waals surface area (Å²) in [5.74, 6) is -1.87. The third-order valence-corrected chi connectivity index (χ3v) is 2.75. The van der Waals surface area contributed by atoms with Crippen molar-refractivity contribution in [2.45, 2.75) is 6.92 Å². The minimum Gasteiger partial charge on any atom is -0.481 e. The summed E-state index contributed by atoms with van der Waals surface area (Å²) in [4.78, 5) is 24.1. The molecule has 0 aromatic carbocycles. The number of hydrogen-bond donors (Lipinski definition) is 2. The number of hydrogen-bond acceptors (Lipinski definition) is 5. The summed E-state index contributed by atoms with van der Waals surface area (Å²) in [6.45, 7) is 2.41. The standard InChI is InChI=1S/C8H11N5O3/c1-4-2-13(3-5(4)8(15)16)7(14)6-9-11-12-10-6/h4-5H,2-3H2,1H3,(H,15,16)(H,9,10,11,12)/t4-,5-/m1/s1. The van der Waals surface area contributed by atoms with Crippen LogP contribution >= 0.6 is 0 Å². The number of likely N-dealkylation sites (tertiary alicyclic amines) is 1. The number of tetrazole rings is 1. The van der Waals surface area contributed by atoms with E-state index >= 15 is 0 Å². The predicted molar refractivity (Wildman–Crippen MR) is 50.4 cm³/mol. The SMILES string of the molecule is C[C@@H]1CN(C(=O)c2nn[nH]n2)C[C@H]1C(=O)O. The summed E-state index contributed by atoms with van der Waals surface area (Å²) in [5.41, 5.74) is 0. The van der Waals surface area contributed by atoms with E-state index in [1.165, 1.54) is 4.90 Å². The lowest BCUT2D eigenvalue weighted by atomic mass is 9.99. The van der Waals surface area contributed by atoms with Crippen molar-refractivity contribution < 1.29 is 14.7 Å². The maximum Gasteiger partial charge on any atom is 0.308 e. The summed E-state index contributed by atoms with van der Waals surface area (Å²) < 4.78 is 0. The predicted octanol–water partition coefficient (Wildman–Crippen LogP) is -1.01. The lowest BCUT2D eigenvalue weighted by Crippen LogP contribution is -2.30. The molecule has 0 unspecified atom stereocenters. The number of nitrogens with zero attached hydrogens (tertiary/aromatic N) is 4. The summed E-state index contributed by atoms with van der Waals surface area (Å²) in [5, 5.41) is 21.5. The molecule has 2 rings (SSSR count). The summed E-state index contributed by atoms with van der Waals surface area (Å²) in [6.07, 6.45) is 0. The lowest BCUT2D eigenvalue weighted by Gasteiger charge is -2.12. The van der Waals surface area contributed by atoms with Gasteiger partial charge >= 0.3 is 5.97 Å². The van der Waals surface area contributed by atoms with Crippen LogP contribution in [-0.2, 0) is 4.79 Å². The largest absolute Gasteiger partial charge is 0.481 e. The molecule has 1 amide bonds. The number of aliphatic carboxylic acids is 1. The van der Waals surface area contributed by atoms with Crippen LogP contribution in [0, 0.1) is 11.8 Å². The van der Waals surface area contributed by atoms with Gasteiger partial charge in [0.1, 0.15) is 0 Å². The number of rotatable bonds is 2. The third-order valence-electron chi connectivity index (χ3n) is 2.75. The zero-order chi connectivity index (χ0) is 11.7. The van der Waals surface area contributed by atoms with Crippen LogP contribution in [-0.4, -0.2) is 55.6 Å². The smallest absolute Gasteiger partial charge is 0.308 e. The van der Waals surface area contributed by atoms with Gasteiger partial charge in [0.05, 0.1) is 5.92 Å². The first kappa shape index (κ1) is 10.5. The fourth-order valence-corrected chi connectivity index (χ4v) is 1.85. The van der Waals surface area contributed by atoms with Crippen LogP contribution in [0.3, 0.4) is 0 Å². The maximum absolute atomic E-state index is 11.8. The fourth-order valence-electron chi connectivity index (χ4n) is 1.85. The van der Waals surface area contributed by atoms with Gasteiger partial charge in [0.15, 0.2) is 0 Å². The van der Waals surface area contributed by atoms with Gasteiger partial charge in [0.2, 0.25) is 0 Å². The highest BCUT2D eigenvalue weighted by Gasteiger charge is 2.38. The molecule has 16 heavy (non-hydrogen) atoms. The maximum atomic E-state index is 11.8. The number of carboxylic acids is 1. The second-order valence-corrected chi connectivity index (χ2v) is 3.87. The van der Waals surface area contributed by atoms with Crippen molar-refractivity contribution in [3.8, 4) is 0 Å². The zero-order valence-corrected chi connectivity index (χ0v) is 8.62. The van der Waals surface area contributed by atoms with Crippen molar-refractivity contribution in [1.29, 1.82) is 0 Å². The second-order valence-electron chi connectivity index (χ2n) is 3.87. The van der Waals surface area contributed by atoms with Crippen molar-refractivity contribution in [3.63, 3.8) is 0 Å². The van der Waals surface area contributed by atoms with Gasteiger partial charge in [0, 0.05) is 13.1 Å². The molecule has 0 spiro atoms. The molecule has 2 heterocycles. The van der Waals surface area contributed by atoms with E-state index in [1.807, 2.05) is 6.92 Å². The van der Waals surface area contributed by atoms with Crippen molar-refractivity contribution in [1.82, 2.24) is 25.5 Å². The number of carboxylic acid groups (broad SMARTS) is 1. The molecule has 1 aliphatic rings. The molecule has 86 valence electrons. The Labute approximate surface area is 90.6 Å².